The Kier molecular flexibility index (Phi) is 5.35. The van der Waals surface area contributed by atoms with Gasteiger partial charge in [0.15, 0.2) is 5.67 Å². The summed E-state index contributed by atoms with van der Waals surface area (Å²) >= 11 is 0. The molecule has 1 fully saturated rings. The summed E-state index contributed by atoms with van der Waals surface area (Å²) in [7, 11) is 0. The van der Waals surface area contributed by atoms with Gasteiger partial charge in [0.25, 0.3) is 5.91 Å². The fourth-order valence-electron chi connectivity index (χ4n) is 3.40. The van der Waals surface area contributed by atoms with Crippen LogP contribution in [0.3, 0.4) is 0 Å². The minimum atomic E-state index is -4.41. The number of carbonyl (C=O) groups is 1. The first-order valence-electron chi connectivity index (χ1n) is 9.74. The summed E-state index contributed by atoms with van der Waals surface area (Å²) in [6.45, 7) is 2.05. The van der Waals surface area contributed by atoms with Crippen molar-refractivity contribution < 1.29 is 27.1 Å². The number of carbonyl (C=O) groups excluding carboxylic acids is 1. The Morgan fingerprint density at radius 3 is 2.42 bits per heavy atom. The van der Waals surface area contributed by atoms with Crippen LogP contribution in [0.4, 0.5) is 17.6 Å². The molecule has 31 heavy (non-hydrogen) atoms. The Morgan fingerprint density at radius 2 is 1.81 bits per heavy atom. The summed E-state index contributed by atoms with van der Waals surface area (Å²) in [6.07, 6.45) is -4.41. The predicted molar refractivity (Wildman–Crippen MR) is 109 cm³/mol. The number of hydrogen-bond donors (Lipinski definition) is 2. The number of hydrogen-bond acceptors (Lipinski definition) is 3. The topological polar surface area (TPSA) is 50.4 Å². The average molecular weight is 432 g/mol. The first-order chi connectivity index (χ1) is 14.7. The summed E-state index contributed by atoms with van der Waals surface area (Å²) in [5.41, 5.74) is -1.83. The highest BCUT2D eigenvalue weighted by Gasteiger charge is 2.43. The van der Waals surface area contributed by atoms with Gasteiger partial charge in [-0.15, -0.1) is 0 Å². The van der Waals surface area contributed by atoms with Crippen molar-refractivity contribution in [1.82, 2.24) is 10.6 Å². The summed E-state index contributed by atoms with van der Waals surface area (Å²) in [4.78, 5) is 12.6. The number of alkyl halides is 4. The zero-order valence-electron chi connectivity index (χ0n) is 16.6. The highest BCUT2D eigenvalue weighted by molar-refractivity contribution is 6.00. The van der Waals surface area contributed by atoms with E-state index in [1.165, 1.54) is 12.1 Å². The van der Waals surface area contributed by atoms with Gasteiger partial charge in [-0.2, -0.15) is 13.2 Å². The lowest BCUT2D eigenvalue weighted by Crippen LogP contribution is -2.66. The second kappa shape index (κ2) is 7.85. The molecule has 4 nitrogen and oxygen atoms in total. The summed E-state index contributed by atoms with van der Waals surface area (Å²) < 4.78 is 58.4. The molecule has 1 saturated heterocycles. The molecule has 0 aromatic heterocycles. The first-order valence-corrected chi connectivity index (χ1v) is 9.74. The van der Waals surface area contributed by atoms with Crippen molar-refractivity contribution in [3.8, 4) is 11.5 Å². The second-order valence-corrected chi connectivity index (χ2v) is 7.65. The average Bonchev–Trinajstić information content (AvgIpc) is 2.71. The molecule has 8 heteroatoms. The van der Waals surface area contributed by atoms with E-state index in [4.69, 9.17) is 4.74 Å². The van der Waals surface area contributed by atoms with E-state index in [1.54, 1.807) is 43.3 Å². The highest BCUT2D eigenvalue weighted by atomic mass is 19.4. The number of ether oxygens (including phenoxy) is 1. The van der Waals surface area contributed by atoms with Crippen LogP contribution >= 0.6 is 0 Å². The Hall–Kier alpha value is -3.13. The van der Waals surface area contributed by atoms with E-state index in [2.05, 4.69) is 10.6 Å². The van der Waals surface area contributed by atoms with E-state index in [0.29, 0.717) is 22.1 Å². The Labute approximate surface area is 176 Å². The Bertz CT molecular complexity index is 1110. The molecule has 0 spiro atoms. The van der Waals surface area contributed by atoms with Crippen LogP contribution in [0.2, 0.25) is 0 Å². The SMILES string of the molecule is C[C@H](NC(=O)c1ccc2c(Oc3ccc(C(F)(F)F)cc3)cccc2c1)C1(F)CNC1. The smallest absolute Gasteiger partial charge is 0.416 e. The van der Waals surface area contributed by atoms with Crippen LogP contribution in [-0.2, 0) is 6.18 Å². The lowest BCUT2D eigenvalue weighted by atomic mass is 9.91. The normalized spacial score (nSPS) is 16.4. The zero-order chi connectivity index (χ0) is 22.2. The lowest BCUT2D eigenvalue weighted by Gasteiger charge is -2.40. The molecule has 0 radical (unpaired) electrons. The van der Waals surface area contributed by atoms with Crippen molar-refractivity contribution in [1.29, 1.82) is 0 Å². The summed E-state index contributed by atoms with van der Waals surface area (Å²) in [6, 6.07) is 14.0. The van der Waals surface area contributed by atoms with Gasteiger partial charge >= 0.3 is 6.18 Å². The van der Waals surface area contributed by atoms with Crippen LogP contribution < -0.4 is 15.4 Å². The molecule has 0 saturated carbocycles. The number of rotatable bonds is 5. The number of fused-ring (bicyclic) bond motifs is 1. The molecule has 1 aliphatic rings. The van der Waals surface area contributed by atoms with Gasteiger partial charge in [-0.3, -0.25) is 4.79 Å². The monoisotopic (exact) mass is 432 g/mol. The van der Waals surface area contributed by atoms with E-state index in [0.717, 1.165) is 12.1 Å². The lowest BCUT2D eigenvalue weighted by molar-refractivity contribution is -0.137. The van der Waals surface area contributed by atoms with Crippen molar-refractivity contribution in [2.24, 2.45) is 0 Å². The van der Waals surface area contributed by atoms with Crippen molar-refractivity contribution >= 4 is 16.7 Å². The number of benzene rings is 3. The maximum atomic E-state index is 14.4. The molecule has 2 N–H and O–H groups in total. The van der Waals surface area contributed by atoms with Crippen molar-refractivity contribution in [2.75, 3.05) is 13.1 Å². The van der Waals surface area contributed by atoms with Crippen LogP contribution in [0.1, 0.15) is 22.8 Å². The maximum Gasteiger partial charge on any atom is 0.416 e. The summed E-state index contributed by atoms with van der Waals surface area (Å²) in [5.74, 6) is 0.326. The van der Waals surface area contributed by atoms with Gasteiger partial charge in [0, 0.05) is 24.0 Å². The minimum Gasteiger partial charge on any atom is -0.457 e. The van der Waals surface area contributed by atoms with Gasteiger partial charge in [-0.05, 0) is 60.8 Å². The number of amides is 1. The molecule has 162 valence electrons. The summed E-state index contributed by atoms with van der Waals surface area (Å²) in [5, 5.41) is 6.96. The minimum absolute atomic E-state index is 0.205. The number of halogens is 4. The molecule has 1 heterocycles. The van der Waals surface area contributed by atoms with Crippen molar-refractivity contribution in [2.45, 2.75) is 24.8 Å². The molecule has 3 aromatic carbocycles. The van der Waals surface area contributed by atoms with Gasteiger partial charge in [-0.1, -0.05) is 12.1 Å². The van der Waals surface area contributed by atoms with E-state index in [-0.39, 0.29) is 24.7 Å². The first kappa shape index (κ1) is 21.1. The molecule has 1 atom stereocenters. The van der Waals surface area contributed by atoms with Gasteiger partial charge in [-0.25, -0.2) is 4.39 Å². The molecular formula is C23H20F4N2O2. The molecule has 4 rings (SSSR count). The molecule has 0 unspecified atom stereocenters. The van der Waals surface area contributed by atoms with E-state index in [1.807, 2.05) is 0 Å². The van der Waals surface area contributed by atoms with Crippen LogP contribution in [0, 0.1) is 0 Å². The molecule has 1 aliphatic heterocycles. The van der Waals surface area contributed by atoms with E-state index < -0.39 is 23.5 Å². The van der Waals surface area contributed by atoms with Crippen LogP contribution in [0.25, 0.3) is 10.8 Å². The van der Waals surface area contributed by atoms with Crippen molar-refractivity contribution in [3.63, 3.8) is 0 Å². The van der Waals surface area contributed by atoms with Gasteiger partial charge < -0.3 is 15.4 Å². The standard InChI is InChI=1S/C23H20F4N2O2/c1-14(22(24)12-28-13-22)29-21(30)16-5-10-19-15(11-16)3-2-4-20(19)31-18-8-6-17(7-9-18)23(25,26)27/h2-11,14,28H,12-13H2,1H3,(H,29,30)/t14-/m0/s1. The third-order valence-electron chi connectivity index (χ3n) is 5.47. The molecule has 0 bridgehead atoms. The largest absolute Gasteiger partial charge is 0.457 e. The van der Waals surface area contributed by atoms with Crippen LogP contribution in [-0.4, -0.2) is 30.7 Å². The third-order valence-corrected chi connectivity index (χ3v) is 5.47. The Morgan fingerprint density at radius 1 is 1.10 bits per heavy atom. The highest BCUT2D eigenvalue weighted by Crippen LogP contribution is 2.34. The molecule has 0 aliphatic carbocycles. The van der Waals surface area contributed by atoms with Gasteiger partial charge in [0.1, 0.15) is 11.5 Å². The number of nitrogens with one attached hydrogen (secondary N) is 2. The fourth-order valence-corrected chi connectivity index (χ4v) is 3.40. The fraction of sp³-hybridized carbons (Fsp3) is 0.261. The van der Waals surface area contributed by atoms with Crippen molar-refractivity contribution in [3.05, 3.63) is 71.8 Å². The molecule has 1 amide bonds. The third kappa shape index (κ3) is 4.34. The Balaban J connectivity index is 1.53. The quantitative estimate of drug-likeness (QED) is 0.553. The maximum absolute atomic E-state index is 14.4. The predicted octanol–water partition coefficient (Wildman–Crippen LogP) is 5.08. The molecule has 3 aromatic rings. The van der Waals surface area contributed by atoms with E-state index >= 15 is 0 Å². The van der Waals surface area contributed by atoms with Gasteiger partial charge in [0.2, 0.25) is 0 Å². The van der Waals surface area contributed by atoms with Gasteiger partial charge in [0.05, 0.1) is 11.6 Å². The van der Waals surface area contributed by atoms with E-state index in [9.17, 15) is 22.4 Å². The second-order valence-electron chi connectivity index (χ2n) is 7.65. The van der Waals surface area contributed by atoms with Crippen LogP contribution in [0.15, 0.2) is 60.7 Å². The molecular weight excluding hydrogens is 412 g/mol. The zero-order valence-corrected chi connectivity index (χ0v) is 16.6. The van der Waals surface area contributed by atoms with Crippen LogP contribution in [0.5, 0.6) is 11.5 Å².